The molecule has 0 fully saturated rings. The van der Waals surface area contributed by atoms with Gasteiger partial charge < -0.3 is 14.5 Å². The predicted octanol–water partition coefficient (Wildman–Crippen LogP) is 3.28. The van der Waals surface area contributed by atoms with Gasteiger partial charge in [0.2, 0.25) is 0 Å². The fourth-order valence-corrected chi connectivity index (χ4v) is 2.64. The zero-order valence-corrected chi connectivity index (χ0v) is 16.3. The summed E-state index contributed by atoms with van der Waals surface area (Å²) in [4.78, 5) is 40.8. The summed E-state index contributed by atoms with van der Waals surface area (Å²) in [6, 6.07) is 11.4. The largest absolute Gasteiger partial charge is 0.463 e. The summed E-state index contributed by atoms with van der Waals surface area (Å²) in [5, 5.41) is 5.29. The number of urea groups is 1. The molecule has 1 aromatic carbocycles. The number of fused-ring (bicyclic) bond motifs is 1. The second kappa shape index (κ2) is 8.14. The molecule has 0 aliphatic heterocycles. The molecule has 150 valence electrons. The Balaban J connectivity index is 1.75. The van der Waals surface area contributed by atoms with E-state index in [1.807, 2.05) is 0 Å². The van der Waals surface area contributed by atoms with Gasteiger partial charge in [-0.25, -0.2) is 14.6 Å². The molecule has 3 rings (SSSR count). The number of esters is 1. The van der Waals surface area contributed by atoms with E-state index in [9.17, 15) is 14.4 Å². The van der Waals surface area contributed by atoms with Crippen molar-refractivity contribution in [1.29, 1.82) is 0 Å². The first-order chi connectivity index (χ1) is 13.7. The SMILES string of the molecule is CC(C)(C)NC(=O)NC(=O)COC(=O)c1cc(-c2ccco2)nc2ccccc12. The predicted molar refractivity (Wildman–Crippen MR) is 106 cm³/mol. The van der Waals surface area contributed by atoms with Crippen LogP contribution in [0.2, 0.25) is 0 Å². The van der Waals surface area contributed by atoms with E-state index in [1.54, 1.807) is 63.2 Å². The molecule has 0 saturated heterocycles. The number of imide groups is 1. The van der Waals surface area contributed by atoms with Crippen molar-refractivity contribution in [2.24, 2.45) is 0 Å². The molecule has 8 heteroatoms. The highest BCUT2D eigenvalue weighted by Gasteiger charge is 2.19. The van der Waals surface area contributed by atoms with Gasteiger partial charge in [-0.15, -0.1) is 0 Å². The minimum Gasteiger partial charge on any atom is -0.463 e. The summed E-state index contributed by atoms with van der Waals surface area (Å²) >= 11 is 0. The fraction of sp³-hybridized carbons (Fsp3) is 0.238. The van der Waals surface area contributed by atoms with Crippen molar-refractivity contribution in [3.05, 3.63) is 54.3 Å². The lowest BCUT2D eigenvalue weighted by molar-refractivity contribution is -0.123. The zero-order chi connectivity index (χ0) is 21.0. The molecule has 3 amide bonds. The van der Waals surface area contributed by atoms with Gasteiger partial charge in [0.25, 0.3) is 5.91 Å². The van der Waals surface area contributed by atoms with Gasteiger partial charge in [0.1, 0.15) is 5.69 Å². The summed E-state index contributed by atoms with van der Waals surface area (Å²) in [5.41, 5.74) is 0.796. The summed E-state index contributed by atoms with van der Waals surface area (Å²) in [7, 11) is 0. The van der Waals surface area contributed by atoms with E-state index in [0.29, 0.717) is 22.4 Å². The number of carbonyl (C=O) groups is 3. The number of amides is 3. The smallest absolute Gasteiger partial charge is 0.339 e. The van der Waals surface area contributed by atoms with Gasteiger partial charge >= 0.3 is 12.0 Å². The number of pyridine rings is 1. The number of carbonyl (C=O) groups excluding carboxylic acids is 3. The first-order valence-corrected chi connectivity index (χ1v) is 8.96. The van der Waals surface area contributed by atoms with Crippen LogP contribution >= 0.6 is 0 Å². The number of aromatic nitrogens is 1. The van der Waals surface area contributed by atoms with Gasteiger partial charge in [-0.2, -0.15) is 0 Å². The number of hydrogen-bond acceptors (Lipinski definition) is 6. The second-order valence-corrected chi connectivity index (χ2v) is 7.38. The maximum absolute atomic E-state index is 12.6. The third-order valence-electron chi connectivity index (χ3n) is 3.79. The number of nitrogens with one attached hydrogen (secondary N) is 2. The Bertz CT molecular complexity index is 1050. The van der Waals surface area contributed by atoms with Gasteiger partial charge in [-0.1, -0.05) is 18.2 Å². The van der Waals surface area contributed by atoms with Crippen LogP contribution in [0.1, 0.15) is 31.1 Å². The lowest BCUT2D eigenvalue weighted by atomic mass is 10.1. The molecule has 0 saturated carbocycles. The van der Waals surface area contributed by atoms with Gasteiger partial charge in [-0.3, -0.25) is 10.1 Å². The van der Waals surface area contributed by atoms with E-state index in [4.69, 9.17) is 9.15 Å². The summed E-state index contributed by atoms with van der Waals surface area (Å²) in [6.45, 7) is 4.75. The van der Waals surface area contributed by atoms with Gasteiger partial charge in [0.15, 0.2) is 12.4 Å². The number of furan rings is 1. The number of para-hydroxylation sites is 1. The molecule has 0 atom stereocenters. The first-order valence-electron chi connectivity index (χ1n) is 8.96. The van der Waals surface area contributed by atoms with Crippen LogP contribution in [0.25, 0.3) is 22.4 Å². The van der Waals surface area contributed by atoms with Crippen LogP contribution in [-0.2, 0) is 9.53 Å². The molecular formula is C21H21N3O5. The van der Waals surface area contributed by atoms with E-state index in [0.717, 1.165) is 0 Å². The lowest BCUT2D eigenvalue weighted by Crippen LogP contribution is -2.49. The van der Waals surface area contributed by atoms with Crippen LogP contribution in [-0.4, -0.2) is 35.0 Å². The standard InChI is InChI=1S/C21H21N3O5/c1-21(2,3)24-20(27)23-18(25)12-29-19(26)14-11-16(17-9-6-10-28-17)22-15-8-5-4-7-13(14)15/h4-11H,12H2,1-3H3,(H2,23,24,25,27). The maximum Gasteiger partial charge on any atom is 0.339 e. The van der Waals surface area contributed by atoms with Crippen molar-refractivity contribution in [1.82, 2.24) is 15.6 Å². The monoisotopic (exact) mass is 395 g/mol. The van der Waals surface area contributed by atoms with E-state index in [-0.39, 0.29) is 5.56 Å². The number of hydrogen-bond donors (Lipinski definition) is 2. The van der Waals surface area contributed by atoms with E-state index in [1.165, 1.54) is 6.26 Å². The molecule has 0 radical (unpaired) electrons. The van der Waals surface area contributed by atoms with Crippen molar-refractivity contribution in [2.45, 2.75) is 26.3 Å². The van der Waals surface area contributed by atoms with Gasteiger partial charge in [-0.05, 0) is 45.0 Å². The Morgan fingerprint density at radius 1 is 1.10 bits per heavy atom. The molecule has 2 heterocycles. The topological polar surface area (TPSA) is 111 Å². The van der Waals surface area contributed by atoms with Crippen LogP contribution < -0.4 is 10.6 Å². The van der Waals surface area contributed by atoms with Crippen molar-refractivity contribution in [3.8, 4) is 11.5 Å². The van der Waals surface area contributed by atoms with Gasteiger partial charge in [0.05, 0.1) is 17.3 Å². The third kappa shape index (κ3) is 5.19. The molecule has 0 spiro atoms. The van der Waals surface area contributed by atoms with Crippen LogP contribution in [0.5, 0.6) is 0 Å². The Labute approximate surface area is 167 Å². The summed E-state index contributed by atoms with van der Waals surface area (Å²) in [6.07, 6.45) is 1.51. The molecule has 2 N–H and O–H groups in total. The highest BCUT2D eigenvalue weighted by atomic mass is 16.5. The van der Waals surface area contributed by atoms with Crippen molar-refractivity contribution in [3.63, 3.8) is 0 Å². The Morgan fingerprint density at radius 3 is 2.55 bits per heavy atom. The molecule has 29 heavy (non-hydrogen) atoms. The molecule has 0 aliphatic carbocycles. The van der Waals surface area contributed by atoms with Crippen molar-refractivity contribution >= 4 is 28.8 Å². The number of nitrogens with zero attached hydrogens (tertiary/aromatic N) is 1. The Morgan fingerprint density at radius 2 is 1.86 bits per heavy atom. The molecule has 0 unspecified atom stereocenters. The van der Waals surface area contributed by atoms with Crippen LogP contribution in [0.15, 0.2) is 53.1 Å². The van der Waals surface area contributed by atoms with Crippen LogP contribution in [0, 0.1) is 0 Å². The number of benzene rings is 1. The molecule has 2 aromatic heterocycles. The normalized spacial score (nSPS) is 11.1. The maximum atomic E-state index is 12.6. The van der Waals surface area contributed by atoms with E-state index >= 15 is 0 Å². The van der Waals surface area contributed by atoms with Crippen molar-refractivity contribution < 1.29 is 23.5 Å². The minimum atomic E-state index is -0.732. The lowest BCUT2D eigenvalue weighted by Gasteiger charge is -2.20. The fourth-order valence-electron chi connectivity index (χ4n) is 2.64. The molecule has 0 bridgehead atoms. The van der Waals surface area contributed by atoms with E-state index in [2.05, 4.69) is 15.6 Å². The minimum absolute atomic E-state index is 0.244. The molecule has 8 nitrogen and oxygen atoms in total. The van der Waals surface area contributed by atoms with Crippen molar-refractivity contribution in [2.75, 3.05) is 6.61 Å². The summed E-state index contributed by atoms with van der Waals surface area (Å²) in [5.74, 6) is -0.936. The summed E-state index contributed by atoms with van der Waals surface area (Å²) < 4.78 is 10.5. The van der Waals surface area contributed by atoms with E-state index < -0.39 is 30.1 Å². The number of ether oxygens (including phenoxy) is 1. The highest BCUT2D eigenvalue weighted by Crippen LogP contribution is 2.25. The highest BCUT2D eigenvalue weighted by molar-refractivity contribution is 6.05. The number of rotatable bonds is 4. The Kier molecular flexibility index (Phi) is 5.63. The molecular weight excluding hydrogens is 374 g/mol. The third-order valence-corrected chi connectivity index (χ3v) is 3.79. The zero-order valence-electron chi connectivity index (χ0n) is 16.3. The molecule has 0 aliphatic rings. The average Bonchev–Trinajstić information content (AvgIpc) is 3.18. The van der Waals surface area contributed by atoms with Crippen LogP contribution in [0.4, 0.5) is 4.79 Å². The van der Waals surface area contributed by atoms with Gasteiger partial charge in [0, 0.05) is 10.9 Å². The average molecular weight is 395 g/mol. The second-order valence-electron chi connectivity index (χ2n) is 7.38. The first kappa shape index (κ1) is 20.1. The Hall–Kier alpha value is -3.68. The quantitative estimate of drug-likeness (QED) is 0.656. The molecule has 3 aromatic rings. The van der Waals surface area contributed by atoms with Crippen LogP contribution in [0.3, 0.4) is 0 Å².